The summed E-state index contributed by atoms with van der Waals surface area (Å²) in [5, 5.41) is 0. The third-order valence-electron chi connectivity index (χ3n) is 4.47. The average molecular weight is 346 g/mol. The highest BCUT2D eigenvalue weighted by Gasteiger charge is 2.58. The van der Waals surface area contributed by atoms with Gasteiger partial charge in [0.15, 0.2) is 5.41 Å². The van der Waals surface area contributed by atoms with Crippen molar-refractivity contribution in [3.8, 4) is 0 Å². The molecule has 0 radical (unpaired) electrons. The molecule has 2 atom stereocenters. The van der Waals surface area contributed by atoms with E-state index >= 15 is 0 Å². The van der Waals surface area contributed by atoms with Crippen LogP contribution in [-0.2, 0) is 23.8 Å². The topological polar surface area (TPSA) is 78.9 Å². The zero-order valence-corrected chi connectivity index (χ0v) is 14.6. The van der Waals surface area contributed by atoms with Gasteiger partial charge in [-0.2, -0.15) is 0 Å². The molecule has 1 fully saturated rings. The molecule has 6 nitrogen and oxygen atoms in total. The highest BCUT2D eigenvalue weighted by Crippen LogP contribution is 2.46. The minimum absolute atomic E-state index is 0.0277. The second-order valence-corrected chi connectivity index (χ2v) is 5.97. The van der Waals surface area contributed by atoms with Crippen molar-refractivity contribution in [2.75, 3.05) is 14.2 Å². The molecular weight excluding hydrogens is 324 g/mol. The van der Waals surface area contributed by atoms with Crippen molar-refractivity contribution in [1.82, 2.24) is 0 Å². The van der Waals surface area contributed by atoms with Crippen molar-refractivity contribution in [2.24, 2.45) is 11.3 Å². The standard InChI is InChI=1S/C19H22O6/c1-4-8-14-11-19(17(21)23-2,18(22)24-3)12-15(14)25-16(20)13-9-6-5-7-10-13/h4-10,14-15H,11-12H2,1-3H3/b8-4+/t14-,15+/m1/s1. The van der Waals surface area contributed by atoms with Gasteiger partial charge in [-0.1, -0.05) is 30.4 Å². The first-order valence-electron chi connectivity index (χ1n) is 8.04. The summed E-state index contributed by atoms with van der Waals surface area (Å²) < 4.78 is 15.2. The molecule has 0 aromatic heterocycles. The Labute approximate surface area is 146 Å². The number of allylic oxidation sites excluding steroid dienone is 1. The predicted octanol–water partition coefficient (Wildman–Crippen LogP) is 2.53. The number of ether oxygens (including phenoxy) is 3. The van der Waals surface area contributed by atoms with Crippen molar-refractivity contribution in [1.29, 1.82) is 0 Å². The maximum absolute atomic E-state index is 12.4. The zero-order valence-electron chi connectivity index (χ0n) is 14.6. The minimum Gasteiger partial charge on any atom is -0.468 e. The maximum Gasteiger partial charge on any atom is 0.338 e. The van der Waals surface area contributed by atoms with Crippen LogP contribution in [0.25, 0.3) is 0 Å². The summed E-state index contributed by atoms with van der Waals surface area (Å²) in [6, 6.07) is 8.57. The van der Waals surface area contributed by atoms with E-state index in [1.165, 1.54) is 14.2 Å². The van der Waals surface area contributed by atoms with E-state index in [1.54, 1.807) is 36.4 Å². The summed E-state index contributed by atoms with van der Waals surface area (Å²) in [5.74, 6) is -2.12. The third kappa shape index (κ3) is 3.73. The second-order valence-electron chi connectivity index (χ2n) is 5.97. The van der Waals surface area contributed by atoms with E-state index in [2.05, 4.69) is 0 Å². The summed E-state index contributed by atoms with van der Waals surface area (Å²) in [5.41, 5.74) is -1.05. The Bertz CT molecular complexity index is 648. The lowest BCUT2D eigenvalue weighted by atomic mass is 9.85. The molecule has 1 aromatic carbocycles. The summed E-state index contributed by atoms with van der Waals surface area (Å²) >= 11 is 0. The smallest absolute Gasteiger partial charge is 0.338 e. The molecule has 0 bridgehead atoms. The number of methoxy groups -OCH3 is 2. The van der Waals surface area contributed by atoms with E-state index in [0.717, 1.165) is 0 Å². The molecule has 1 aliphatic rings. The van der Waals surface area contributed by atoms with Gasteiger partial charge in [0.25, 0.3) is 0 Å². The van der Waals surface area contributed by atoms with Gasteiger partial charge in [-0.3, -0.25) is 9.59 Å². The Morgan fingerprint density at radius 2 is 1.64 bits per heavy atom. The van der Waals surface area contributed by atoms with Gasteiger partial charge in [0.1, 0.15) is 6.10 Å². The second kappa shape index (κ2) is 7.96. The molecule has 25 heavy (non-hydrogen) atoms. The van der Waals surface area contributed by atoms with Crippen LogP contribution in [0.4, 0.5) is 0 Å². The number of hydrogen-bond donors (Lipinski definition) is 0. The lowest BCUT2D eigenvalue weighted by Crippen LogP contribution is -2.39. The summed E-state index contributed by atoms with van der Waals surface area (Å²) in [4.78, 5) is 37.0. The van der Waals surface area contributed by atoms with Crippen LogP contribution in [0.15, 0.2) is 42.5 Å². The Kier molecular flexibility index (Phi) is 5.96. The fraction of sp³-hybridized carbons (Fsp3) is 0.421. The Morgan fingerprint density at radius 1 is 1.04 bits per heavy atom. The number of benzene rings is 1. The number of esters is 3. The maximum atomic E-state index is 12.4. The van der Waals surface area contributed by atoms with Gasteiger partial charge in [-0.05, 0) is 25.5 Å². The Balaban J connectivity index is 2.28. The first-order valence-corrected chi connectivity index (χ1v) is 8.04. The lowest BCUT2D eigenvalue weighted by Gasteiger charge is -2.22. The number of carbonyl (C=O) groups is 3. The molecule has 0 heterocycles. The van der Waals surface area contributed by atoms with Gasteiger partial charge in [0.05, 0.1) is 19.8 Å². The highest BCUT2D eigenvalue weighted by molar-refractivity contribution is 6.00. The lowest BCUT2D eigenvalue weighted by molar-refractivity contribution is -0.169. The minimum atomic E-state index is -1.46. The van der Waals surface area contributed by atoms with Crippen LogP contribution in [-0.4, -0.2) is 38.2 Å². The number of hydrogen-bond acceptors (Lipinski definition) is 6. The van der Waals surface area contributed by atoms with Crippen LogP contribution < -0.4 is 0 Å². The van der Waals surface area contributed by atoms with Crippen LogP contribution in [0, 0.1) is 11.3 Å². The molecule has 0 aliphatic heterocycles. The van der Waals surface area contributed by atoms with E-state index in [9.17, 15) is 14.4 Å². The van der Waals surface area contributed by atoms with Crippen molar-refractivity contribution in [2.45, 2.75) is 25.9 Å². The first kappa shape index (κ1) is 18.7. The third-order valence-corrected chi connectivity index (χ3v) is 4.47. The SMILES string of the molecule is C/C=C/[C@@H]1CC(C(=O)OC)(C(=O)OC)C[C@@H]1OC(=O)c1ccccc1. The van der Waals surface area contributed by atoms with E-state index in [1.807, 2.05) is 13.0 Å². The van der Waals surface area contributed by atoms with Gasteiger partial charge in [0, 0.05) is 12.3 Å². The molecule has 1 saturated carbocycles. The van der Waals surface area contributed by atoms with Gasteiger partial charge < -0.3 is 14.2 Å². The molecule has 0 N–H and O–H groups in total. The van der Waals surface area contributed by atoms with E-state index in [4.69, 9.17) is 14.2 Å². The van der Waals surface area contributed by atoms with E-state index < -0.39 is 29.4 Å². The van der Waals surface area contributed by atoms with Crippen LogP contribution in [0.2, 0.25) is 0 Å². The average Bonchev–Trinajstić information content (AvgIpc) is 3.00. The van der Waals surface area contributed by atoms with Gasteiger partial charge in [0.2, 0.25) is 0 Å². The molecule has 134 valence electrons. The fourth-order valence-electron chi connectivity index (χ4n) is 3.27. The molecule has 0 unspecified atom stereocenters. The predicted molar refractivity (Wildman–Crippen MR) is 89.6 cm³/mol. The van der Waals surface area contributed by atoms with Gasteiger partial charge in [-0.25, -0.2) is 4.79 Å². The molecule has 2 rings (SSSR count). The van der Waals surface area contributed by atoms with Crippen molar-refractivity contribution in [3.63, 3.8) is 0 Å². The van der Waals surface area contributed by atoms with Gasteiger partial charge in [-0.15, -0.1) is 0 Å². The zero-order chi connectivity index (χ0) is 18.4. The highest BCUT2D eigenvalue weighted by atomic mass is 16.6. The summed E-state index contributed by atoms with van der Waals surface area (Å²) in [7, 11) is 2.45. The fourth-order valence-corrected chi connectivity index (χ4v) is 3.27. The normalized spacial score (nSPS) is 21.7. The molecule has 1 aliphatic carbocycles. The number of carbonyl (C=O) groups excluding carboxylic acids is 3. The van der Waals surface area contributed by atoms with Gasteiger partial charge >= 0.3 is 17.9 Å². The Morgan fingerprint density at radius 3 is 2.16 bits per heavy atom. The van der Waals surface area contributed by atoms with Crippen LogP contribution >= 0.6 is 0 Å². The van der Waals surface area contributed by atoms with Crippen molar-refractivity contribution in [3.05, 3.63) is 48.0 Å². The molecule has 1 aromatic rings. The van der Waals surface area contributed by atoms with Crippen molar-refractivity contribution < 1.29 is 28.6 Å². The first-order chi connectivity index (χ1) is 12.0. The van der Waals surface area contributed by atoms with Crippen LogP contribution in [0.5, 0.6) is 0 Å². The van der Waals surface area contributed by atoms with Crippen molar-refractivity contribution >= 4 is 17.9 Å². The molecular formula is C19H22O6. The number of rotatable bonds is 5. The molecule has 6 heteroatoms. The van der Waals surface area contributed by atoms with E-state index in [0.29, 0.717) is 5.56 Å². The quantitative estimate of drug-likeness (QED) is 0.353. The Hall–Kier alpha value is -2.63. The molecule has 0 saturated heterocycles. The van der Waals surface area contributed by atoms with Crippen LogP contribution in [0.1, 0.15) is 30.1 Å². The molecule has 0 amide bonds. The summed E-state index contributed by atoms with van der Waals surface area (Å²) in [6.07, 6.45) is 3.21. The monoisotopic (exact) mass is 346 g/mol. The van der Waals surface area contributed by atoms with Crippen LogP contribution in [0.3, 0.4) is 0 Å². The summed E-state index contributed by atoms with van der Waals surface area (Å²) in [6.45, 7) is 1.83. The largest absolute Gasteiger partial charge is 0.468 e. The van der Waals surface area contributed by atoms with E-state index in [-0.39, 0.29) is 18.8 Å². The molecule has 0 spiro atoms.